The highest BCUT2D eigenvalue weighted by Gasteiger charge is 2.18. The predicted molar refractivity (Wildman–Crippen MR) is 131 cm³/mol. The fraction of sp³-hybridized carbons (Fsp3) is 0.120. The van der Waals surface area contributed by atoms with Gasteiger partial charge in [-0.05, 0) is 36.8 Å². The molecule has 34 heavy (non-hydrogen) atoms. The molecule has 2 aromatic carbocycles. The van der Waals surface area contributed by atoms with E-state index in [0.717, 1.165) is 16.9 Å². The van der Waals surface area contributed by atoms with Crippen molar-refractivity contribution in [1.82, 2.24) is 24.5 Å². The van der Waals surface area contributed by atoms with Crippen LogP contribution in [0.2, 0.25) is 0 Å². The van der Waals surface area contributed by atoms with Gasteiger partial charge in [-0.25, -0.2) is 4.68 Å². The standard InChI is InChI=1S/C25H22N6O2S/c1-18-15-22(31(29-18)20-11-6-3-7-12-20)26-23(32)17-34-25-28-27-24(21-13-8-14-33-21)30(25)16-19-9-4-2-5-10-19/h2-15H,16-17H2,1H3,(H,26,32). The van der Waals surface area contributed by atoms with Crippen LogP contribution in [0.25, 0.3) is 17.3 Å². The van der Waals surface area contributed by atoms with E-state index >= 15 is 0 Å². The van der Waals surface area contributed by atoms with Crippen molar-refractivity contribution in [3.05, 3.63) is 96.4 Å². The molecule has 0 atom stereocenters. The molecular formula is C25H22N6O2S. The smallest absolute Gasteiger partial charge is 0.236 e. The summed E-state index contributed by atoms with van der Waals surface area (Å²) in [5.41, 5.74) is 2.80. The summed E-state index contributed by atoms with van der Waals surface area (Å²) in [6, 6.07) is 25.3. The molecule has 0 saturated carbocycles. The molecule has 0 aliphatic rings. The number of thioether (sulfide) groups is 1. The predicted octanol–water partition coefficient (Wildman–Crippen LogP) is 4.81. The van der Waals surface area contributed by atoms with Crippen molar-refractivity contribution >= 4 is 23.5 Å². The van der Waals surface area contributed by atoms with E-state index in [2.05, 4.69) is 20.6 Å². The van der Waals surface area contributed by atoms with Gasteiger partial charge in [0, 0.05) is 6.07 Å². The van der Waals surface area contributed by atoms with Crippen LogP contribution in [-0.4, -0.2) is 36.2 Å². The van der Waals surface area contributed by atoms with Gasteiger partial charge < -0.3 is 9.73 Å². The average molecular weight is 471 g/mol. The summed E-state index contributed by atoms with van der Waals surface area (Å²) in [7, 11) is 0. The molecule has 1 N–H and O–H groups in total. The minimum Gasteiger partial charge on any atom is -0.461 e. The van der Waals surface area contributed by atoms with Crippen molar-refractivity contribution in [2.75, 3.05) is 11.1 Å². The molecule has 0 aliphatic heterocycles. The van der Waals surface area contributed by atoms with E-state index in [-0.39, 0.29) is 11.7 Å². The van der Waals surface area contributed by atoms with Crippen molar-refractivity contribution in [2.24, 2.45) is 0 Å². The van der Waals surface area contributed by atoms with Crippen molar-refractivity contribution in [1.29, 1.82) is 0 Å². The molecule has 9 heteroatoms. The van der Waals surface area contributed by atoms with Crippen LogP contribution >= 0.6 is 11.8 Å². The van der Waals surface area contributed by atoms with Gasteiger partial charge in [0.2, 0.25) is 11.7 Å². The second-order valence-corrected chi connectivity index (χ2v) is 8.55. The summed E-state index contributed by atoms with van der Waals surface area (Å²) in [5.74, 6) is 1.88. The number of carbonyl (C=O) groups is 1. The van der Waals surface area contributed by atoms with E-state index in [0.29, 0.717) is 29.1 Å². The highest BCUT2D eigenvalue weighted by Crippen LogP contribution is 2.26. The monoisotopic (exact) mass is 470 g/mol. The van der Waals surface area contributed by atoms with Crippen molar-refractivity contribution in [3.63, 3.8) is 0 Å². The fourth-order valence-electron chi connectivity index (χ4n) is 3.56. The van der Waals surface area contributed by atoms with Crippen molar-refractivity contribution in [3.8, 4) is 17.3 Å². The van der Waals surface area contributed by atoms with Gasteiger partial charge in [-0.3, -0.25) is 9.36 Å². The first-order valence-corrected chi connectivity index (χ1v) is 11.7. The number of aromatic nitrogens is 5. The Bertz CT molecular complexity index is 1380. The molecular weight excluding hydrogens is 448 g/mol. The Hall–Kier alpha value is -4.11. The first kappa shape index (κ1) is 21.7. The summed E-state index contributed by atoms with van der Waals surface area (Å²) in [5, 5.41) is 16.8. The maximum atomic E-state index is 12.8. The van der Waals surface area contributed by atoms with E-state index in [9.17, 15) is 4.79 Å². The molecule has 1 amide bonds. The van der Waals surface area contributed by atoms with Gasteiger partial charge in [-0.1, -0.05) is 60.3 Å². The Labute approximate surface area is 200 Å². The number of para-hydroxylation sites is 1. The van der Waals surface area contributed by atoms with Crippen molar-refractivity contribution < 1.29 is 9.21 Å². The zero-order valence-electron chi connectivity index (χ0n) is 18.5. The SMILES string of the molecule is Cc1cc(NC(=O)CSc2nnc(-c3ccco3)n2Cc2ccccc2)n(-c2ccccc2)n1. The first-order valence-electron chi connectivity index (χ1n) is 10.7. The third-order valence-electron chi connectivity index (χ3n) is 5.07. The number of nitrogens with zero attached hydrogens (tertiary/aromatic N) is 5. The maximum absolute atomic E-state index is 12.8. The fourth-order valence-corrected chi connectivity index (χ4v) is 4.29. The lowest BCUT2D eigenvalue weighted by atomic mass is 10.2. The van der Waals surface area contributed by atoms with E-state index < -0.39 is 0 Å². The Morgan fingerprint density at radius 1 is 1.00 bits per heavy atom. The van der Waals surface area contributed by atoms with Crippen LogP contribution in [-0.2, 0) is 11.3 Å². The van der Waals surface area contributed by atoms with Crippen LogP contribution in [0, 0.1) is 6.92 Å². The highest BCUT2D eigenvalue weighted by atomic mass is 32.2. The number of hydrogen-bond acceptors (Lipinski definition) is 6. The number of furan rings is 1. The lowest BCUT2D eigenvalue weighted by Gasteiger charge is -2.10. The van der Waals surface area contributed by atoms with Gasteiger partial charge in [0.1, 0.15) is 5.82 Å². The Morgan fingerprint density at radius 3 is 2.50 bits per heavy atom. The summed E-state index contributed by atoms with van der Waals surface area (Å²) < 4.78 is 9.24. The number of amides is 1. The van der Waals surface area contributed by atoms with Gasteiger partial charge in [0.05, 0.1) is 29.9 Å². The van der Waals surface area contributed by atoms with Gasteiger partial charge in [0.15, 0.2) is 10.9 Å². The number of anilines is 1. The average Bonchev–Trinajstić information content (AvgIpc) is 3.60. The zero-order valence-corrected chi connectivity index (χ0v) is 19.3. The van der Waals surface area contributed by atoms with Crippen LogP contribution < -0.4 is 5.32 Å². The molecule has 170 valence electrons. The summed E-state index contributed by atoms with van der Waals surface area (Å²) >= 11 is 1.33. The molecule has 0 fully saturated rings. The van der Waals surface area contributed by atoms with Gasteiger partial charge in [-0.15, -0.1) is 10.2 Å². The van der Waals surface area contributed by atoms with Crippen LogP contribution in [0.15, 0.2) is 94.7 Å². The molecule has 3 heterocycles. The number of aryl methyl sites for hydroxylation is 1. The molecule has 0 bridgehead atoms. The normalized spacial score (nSPS) is 11.0. The molecule has 0 radical (unpaired) electrons. The van der Waals surface area contributed by atoms with Crippen LogP contribution in [0.1, 0.15) is 11.3 Å². The number of rotatable bonds is 8. The number of nitrogens with one attached hydrogen (secondary N) is 1. The van der Waals surface area contributed by atoms with Gasteiger partial charge in [-0.2, -0.15) is 5.10 Å². The first-order chi connectivity index (χ1) is 16.7. The number of benzene rings is 2. The molecule has 5 rings (SSSR count). The summed E-state index contributed by atoms with van der Waals surface area (Å²) in [6.45, 7) is 2.46. The highest BCUT2D eigenvalue weighted by molar-refractivity contribution is 7.99. The minimum absolute atomic E-state index is 0.157. The molecule has 5 aromatic rings. The number of hydrogen-bond donors (Lipinski definition) is 1. The van der Waals surface area contributed by atoms with Gasteiger partial charge >= 0.3 is 0 Å². The molecule has 0 unspecified atom stereocenters. The molecule has 0 spiro atoms. The Balaban J connectivity index is 1.33. The molecule has 8 nitrogen and oxygen atoms in total. The summed E-state index contributed by atoms with van der Waals surface area (Å²) in [4.78, 5) is 12.8. The van der Waals surface area contributed by atoms with E-state index in [1.807, 2.05) is 90.4 Å². The van der Waals surface area contributed by atoms with Crippen LogP contribution in [0.3, 0.4) is 0 Å². The maximum Gasteiger partial charge on any atom is 0.236 e. The summed E-state index contributed by atoms with van der Waals surface area (Å²) in [6.07, 6.45) is 1.61. The zero-order chi connectivity index (χ0) is 23.3. The molecule has 3 aromatic heterocycles. The minimum atomic E-state index is -0.157. The second-order valence-electron chi connectivity index (χ2n) is 7.61. The topological polar surface area (TPSA) is 90.8 Å². The van der Waals surface area contributed by atoms with E-state index in [1.165, 1.54) is 11.8 Å². The van der Waals surface area contributed by atoms with Crippen molar-refractivity contribution in [2.45, 2.75) is 18.6 Å². The Morgan fingerprint density at radius 2 is 1.76 bits per heavy atom. The van der Waals surface area contributed by atoms with Crippen LogP contribution in [0.4, 0.5) is 5.82 Å². The van der Waals surface area contributed by atoms with Gasteiger partial charge in [0.25, 0.3) is 0 Å². The molecule has 0 aliphatic carbocycles. The quantitative estimate of drug-likeness (QED) is 0.327. The van der Waals surface area contributed by atoms with Crippen LogP contribution in [0.5, 0.6) is 0 Å². The molecule has 0 saturated heterocycles. The van der Waals surface area contributed by atoms with E-state index in [4.69, 9.17) is 4.42 Å². The number of carbonyl (C=O) groups excluding carboxylic acids is 1. The van der Waals surface area contributed by atoms with E-state index in [1.54, 1.807) is 10.9 Å². The largest absolute Gasteiger partial charge is 0.461 e. The third kappa shape index (κ3) is 4.79. The lowest BCUT2D eigenvalue weighted by molar-refractivity contribution is -0.113. The lowest BCUT2D eigenvalue weighted by Crippen LogP contribution is -2.17. The second kappa shape index (κ2) is 9.80. The Kier molecular flexibility index (Phi) is 6.26. The third-order valence-corrected chi connectivity index (χ3v) is 6.04.